The Morgan fingerprint density at radius 2 is 2.29 bits per heavy atom. The van der Waals surface area contributed by atoms with Crippen molar-refractivity contribution < 1.29 is 8.42 Å². The zero-order chi connectivity index (χ0) is 10.6. The molecule has 0 spiro atoms. The van der Waals surface area contributed by atoms with Crippen LogP contribution in [0.4, 0.5) is 5.69 Å². The van der Waals surface area contributed by atoms with Crippen LogP contribution in [0, 0.1) is 0 Å². The largest absolute Gasteiger partial charge is 0.280 e. The van der Waals surface area contributed by atoms with Gasteiger partial charge in [-0.1, -0.05) is 18.5 Å². The van der Waals surface area contributed by atoms with E-state index in [1.54, 1.807) is 19.1 Å². The SMILES string of the molecule is CCCS(=O)(=O)Nc1cccnc1Cl. The van der Waals surface area contributed by atoms with Crippen molar-refractivity contribution in [1.82, 2.24) is 4.98 Å². The fourth-order valence-electron chi connectivity index (χ4n) is 0.949. The van der Waals surface area contributed by atoms with Crippen LogP contribution in [0.5, 0.6) is 0 Å². The summed E-state index contributed by atoms with van der Waals surface area (Å²) >= 11 is 5.69. The average molecular weight is 235 g/mol. The van der Waals surface area contributed by atoms with Crippen molar-refractivity contribution in [2.75, 3.05) is 10.5 Å². The zero-order valence-corrected chi connectivity index (χ0v) is 9.27. The molecule has 1 aromatic heterocycles. The Morgan fingerprint density at radius 3 is 2.86 bits per heavy atom. The molecule has 0 unspecified atom stereocenters. The molecular formula is C8H11ClN2O2S. The molecule has 1 N–H and O–H groups in total. The van der Waals surface area contributed by atoms with Gasteiger partial charge < -0.3 is 0 Å². The number of rotatable bonds is 4. The van der Waals surface area contributed by atoms with E-state index in [0.717, 1.165) is 0 Å². The van der Waals surface area contributed by atoms with E-state index in [0.29, 0.717) is 12.1 Å². The number of halogens is 1. The van der Waals surface area contributed by atoms with E-state index in [4.69, 9.17) is 11.6 Å². The average Bonchev–Trinajstić information content (AvgIpc) is 2.08. The summed E-state index contributed by atoms with van der Waals surface area (Å²) in [6.45, 7) is 1.80. The van der Waals surface area contributed by atoms with Crippen LogP contribution in [0.15, 0.2) is 18.3 Å². The summed E-state index contributed by atoms with van der Waals surface area (Å²) in [5, 5.41) is 0.159. The van der Waals surface area contributed by atoms with Crippen molar-refractivity contribution in [2.24, 2.45) is 0 Å². The highest BCUT2D eigenvalue weighted by Gasteiger charge is 2.10. The molecular weight excluding hydrogens is 224 g/mol. The van der Waals surface area contributed by atoms with Crippen molar-refractivity contribution in [1.29, 1.82) is 0 Å². The van der Waals surface area contributed by atoms with Crippen LogP contribution in [-0.4, -0.2) is 19.2 Å². The van der Waals surface area contributed by atoms with E-state index in [-0.39, 0.29) is 10.9 Å². The van der Waals surface area contributed by atoms with Gasteiger partial charge in [0.2, 0.25) is 10.0 Å². The van der Waals surface area contributed by atoms with Crippen molar-refractivity contribution >= 4 is 27.3 Å². The van der Waals surface area contributed by atoms with Gasteiger partial charge in [0, 0.05) is 6.20 Å². The van der Waals surface area contributed by atoms with Crippen LogP contribution in [-0.2, 0) is 10.0 Å². The molecule has 0 aliphatic heterocycles. The van der Waals surface area contributed by atoms with Crippen LogP contribution >= 0.6 is 11.6 Å². The van der Waals surface area contributed by atoms with E-state index in [1.807, 2.05) is 0 Å². The second-order valence-corrected chi connectivity index (χ2v) is 4.96. The van der Waals surface area contributed by atoms with Gasteiger partial charge in [-0.2, -0.15) is 0 Å². The molecule has 0 atom stereocenters. The Balaban J connectivity index is 2.84. The summed E-state index contributed by atoms with van der Waals surface area (Å²) in [7, 11) is -3.28. The minimum absolute atomic E-state index is 0.0816. The summed E-state index contributed by atoms with van der Waals surface area (Å²) in [6.07, 6.45) is 2.06. The number of sulfonamides is 1. The van der Waals surface area contributed by atoms with Crippen LogP contribution in [0.1, 0.15) is 13.3 Å². The molecule has 1 heterocycles. The summed E-state index contributed by atoms with van der Waals surface area (Å²) in [6, 6.07) is 3.19. The maximum Gasteiger partial charge on any atom is 0.232 e. The number of anilines is 1. The van der Waals surface area contributed by atoms with Crippen molar-refractivity contribution in [3.8, 4) is 0 Å². The normalized spacial score (nSPS) is 11.3. The molecule has 1 aromatic rings. The number of nitrogens with zero attached hydrogens (tertiary/aromatic N) is 1. The highest BCUT2D eigenvalue weighted by Crippen LogP contribution is 2.18. The van der Waals surface area contributed by atoms with Crippen LogP contribution in [0.2, 0.25) is 5.15 Å². The Labute approximate surface area is 88.4 Å². The molecule has 14 heavy (non-hydrogen) atoms. The van der Waals surface area contributed by atoms with Gasteiger partial charge in [-0.3, -0.25) is 4.72 Å². The van der Waals surface area contributed by atoms with Gasteiger partial charge >= 0.3 is 0 Å². The standard InChI is InChI=1S/C8H11ClN2O2S/c1-2-6-14(12,13)11-7-4-3-5-10-8(7)9/h3-5,11H,2,6H2,1H3. The van der Waals surface area contributed by atoms with Gasteiger partial charge in [-0.25, -0.2) is 13.4 Å². The van der Waals surface area contributed by atoms with Gasteiger partial charge in [0.15, 0.2) is 5.15 Å². The second kappa shape index (κ2) is 4.61. The van der Waals surface area contributed by atoms with Gasteiger partial charge in [0.05, 0.1) is 11.4 Å². The molecule has 6 heteroatoms. The van der Waals surface area contributed by atoms with E-state index in [1.165, 1.54) is 6.20 Å². The Hall–Kier alpha value is -0.810. The summed E-state index contributed by atoms with van der Waals surface area (Å²) in [5.41, 5.74) is 0.322. The lowest BCUT2D eigenvalue weighted by molar-refractivity contribution is 0.600. The third-order valence-electron chi connectivity index (χ3n) is 1.50. The number of hydrogen-bond acceptors (Lipinski definition) is 3. The molecule has 0 aliphatic carbocycles. The minimum Gasteiger partial charge on any atom is -0.280 e. The molecule has 0 saturated heterocycles. The van der Waals surface area contributed by atoms with E-state index >= 15 is 0 Å². The Morgan fingerprint density at radius 1 is 1.57 bits per heavy atom. The monoisotopic (exact) mass is 234 g/mol. The quantitative estimate of drug-likeness (QED) is 0.810. The zero-order valence-electron chi connectivity index (χ0n) is 7.70. The predicted octanol–water partition coefficient (Wildman–Crippen LogP) is 1.89. The lowest BCUT2D eigenvalue weighted by Gasteiger charge is -2.07. The van der Waals surface area contributed by atoms with Crippen LogP contribution in [0.25, 0.3) is 0 Å². The molecule has 0 aromatic carbocycles. The van der Waals surface area contributed by atoms with Crippen molar-refractivity contribution in [2.45, 2.75) is 13.3 Å². The molecule has 0 aliphatic rings. The molecule has 0 fully saturated rings. The summed E-state index contributed by atoms with van der Waals surface area (Å²) in [5.74, 6) is 0.0816. The lowest BCUT2D eigenvalue weighted by atomic mass is 10.4. The first-order valence-corrected chi connectivity index (χ1v) is 6.19. The molecule has 1 rings (SSSR count). The maximum absolute atomic E-state index is 11.4. The van der Waals surface area contributed by atoms with Crippen molar-refractivity contribution in [3.63, 3.8) is 0 Å². The van der Waals surface area contributed by atoms with Crippen molar-refractivity contribution in [3.05, 3.63) is 23.5 Å². The highest BCUT2D eigenvalue weighted by molar-refractivity contribution is 7.92. The van der Waals surface area contributed by atoms with Crippen LogP contribution in [0.3, 0.4) is 0 Å². The number of aromatic nitrogens is 1. The highest BCUT2D eigenvalue weighted by atomic mass is 35.5. The molecule has 0 amide bonds. The fourth-order valence-corrected chi connectivity index (χ4v) is 2.31. The third kappa shape index (κ3) is 3.16. The first-order chi connectivity index (χ1) is 6.55. The second-order valence-electron chi connectivity index (χ2n) is 2.76. The fraction of sp³-hybridized carbons (Fsp3) is 0.375. The lowest BCUT2D eigenvalue weighted by Crippen LogP contribution is -2.16. The summed E-state index contributed by atoms with van der Waals surface area (Å²) < 4.78 is 25.1. The topological polar surface area (TPSA) is 59.1 Å². The first kappa shape index (κ1) is 11.3. The smallest absolute Gasteiger partial charge is 0.232 e. The number of pyridine rings is 1. The van der Waals surface area contributed by atoms with Gasteiger partial charge in [-0.05, 0) is 18.6 Å². The van der Waals surface area contributed by atoms with Gasteiger partial charge in [-0.15, -0.1) is 0 Å². The van der Waals surface area contributed by atoms with Gasteiger partial charge in [0.25, 0.3) is 0 Å². The van der Waals surface area contributed by atoms with E-state index in [2.05, 4.69) is 9.71 Å². The first-order valence-electron chi connectivity index (χ1n) is 4.16. The Kier molecular flexibility index (Phi) is 3.71. The molecule has 78 valence electrons. The summed E-state index contributed by atoms with van der Waals surface area (Å²) in [4.78, 5) is 3.76. The number of hydrogen-bond donors (Lipinski definition) is 1. The number of nitrogens with one attached hydrogen (secondary N) is 1. The third-order valence-corrected chi connectivity index (χ3v) is 3.28. The van der Waals surface area contributed by atoms with Gasteiger partial charge in [0.1, 0.15) is 0 Å². The molecule has 0 saturated carbocycles. The molecule has 0 radical (unpaired) electrons. The predicted molar refractivity (Wildman–Crippen MR) is 56.9 cm³/mol. The maximum atomic E-state index is 11.4. The van der Waals surface area contributed by atoms with E-state index in [9.17, 15) is 8.42 Å². The molecule has 4 nitrogen and oxygen atoms in total. The van der Waals surface area contributed by atoms with E-state index < -0.39 is 10.0 Å². The van der Waals surface area contributed by atoms with Crippen LogP contribution < -0.4 is 4.72 Å². The Bertz CT molecular complexity index is 406. The molecule has 0 bridgehead atoms. The minimum atomic E-state index is -3.28.